The third-order valence-corrected chi connectivity index (χ3v) is 2.97. The number of hydrogen-bond acceptors (Lipinski definition) is 3. The number of anilines is 1. The molecule has 0 aliphatic carbocycles. The lowest BCUT2D eigenvalue weighted by Gasteiger charge is -2.07. The van der Waals surface area contributed by atoms with Crippen LogP contribution in [0.5, 0.6) is 0 Å². The molecule has 2 amide bonds. The van der Waals surface area contributed by atoms with Crippen LogP contribution in [0, 0.1) is 0 Å². The molecule has 3 rings (SSSR count). The quantitative estimate of drug-likeness (QED) is 0.690. The summed E-state index contributed by atoms with van der Waals surface area (Å²) in [6, 6.07) is 14.2. The van der Waals surface area contributed by atoms with Crippen molar-refractivity contribution in [2.45, 2.75) is 6.54 Å². The van der Waals surface area contributed by atoms with Crippen LogP contribution in [0.4, 0.5) is 10.5 Å². The monoisotopic (exact) mass is 283 g/mol. The van der Waals surface area contributed by atoms with Crippen LogP contribution in [-0.2, 0) is 6.54 Å². The number of aromatic nitrogens is 1. The standard InChI is InChI=1S/C15H13N3O3/c19-14(17-11-4-2-1-3-5-11)16-9-10-6-7-12-13(8-10)21-15(20)18-12/h1-8H,9H2,(H,18,20)(H2,16,17,19). The molecule has 21 heavy (non-hydrogen) atoms. The number of urea groups is 1. The maximum Gasteiger partial charge on any atom is 0.417 e. The molecule has 0 fully saturated rings. The van der Waals surface area contributed by atoms with E-state index in [0.717, 1.165) is 11.3 Å². The number of nitrogens with one attached hydrogen (secondary N) is 3. The molecule has 3 aromatic rings. The molecule has 6 heteroatoms. The van der Waals surface area contributed by atoms with E-state index in [4.69, 9.17) is 4.42 Å². The molecule has 6 nitrogen and oxygen atoms in total. The smallest absolute Gasteiger partial charge is 0.408 e. The van der Waals surface area contributed by atoms with Gasteiger partial charge in [0.15, 0.2) is 5.58 Å². The minimum Gasteiger partial charge on any atom is -0.408 e. The topological polar surface area (TPSA) is 87.1 Å². The Bertz CT molecular complexity index is 821. The van der Waals surface area contributed by atoms with Crippen molar-refractivity contribution in [2.24, 2.45) is 0 Å². The Balaban J connectivity index is 1.63. The number of aromatic amines is 1. The highest BCUT2D eigenvalue weighted by Gasteiger charge is 2.04. The molecule has 0 aliphatic rings. The normalized spacial score (nSPS) is 10.5. The largest absolute Gasteiger partial charge is 0.417 e. The van der Waals surface area contributed by atoms with Gasteiger partial charge in [0, 0.05) is 12.2 Å². The Labute approximate surface area is 119 Å². The second-order valence-corrected chi connectivity index (χ2v) is 4.52. The van der Waals surface area contributed by atoms with Crippen LogP contribution in [0.25, 0.3) is 11.1 Å². The minimum absolute atomic E-state index is 0.295. The second-order valence-electron chi connectivity index (χ2n) is 4.52. The molecule has 1 aromatic heterocycles. The fourth-order valence-electron chi connectivity index (χ4n) is 1.98. The molecule has 0 radical (unpaired) electrons. The summed E-state index contributed by atoms with van der Waals surface area (Å²) in [4.78, 5) is 25.4. The van der Waals surface area contributed by atoms with Gasteiger partial charge < -0.3 is 15.1 Å². The number of amides is 2. The average molecular weight is 283 g/mol. The van der Waals surface area contributed by atoms with Crippen molar-refractivity contribution in [1.82, 2.24) is 10.3 Å². The van der Waals surface area contributed by atoms with Crippen LogP contribution >= 0.6 is 0 Å². The van der Waals surface area contributed by atoms with Crippen LogP contribution < -0.4 is 16.4 Å². The molecule has 0 aliphatic heterocycles. The molecular weight excluding hydrogens is 270 g/mol. The fourth-order valence-corrected chi connectivity index (χ4v) is 1.98. The van der Waals surface area contributed by atoms with Crippen molar-refractivity contribution in [3.8, 4) is 0 Å². The molecule has 0 spiro atoms. The summed E-state index contributed by atoms with van der Waals surface area (Å²) in [7, 11) is 0. The third-order valence-electron chi connectivity index (χ3n) is 2.97. The van der Waals surface area contributed by atoms with Gasteiger partial charge in [-0.15, -0.1) is 0 Å². The third kappa shape index (κ3) is 3.11. The first-order valence-corrected chi connectivity index (χ1v) is 6.42. The van der Waals surface area contributed by atoms with Crippen LogP contribution in [0.1, 0.15) is 5.56 Å². The van der Waals surface area contributed by atoms with E-state index < -0.39 is 5.76 Å². The molecule has 0 atom stereocenters. The Morgan fingerprint density at radius 2 is 1.95 bits per heavy atom. The van der Waals surface area contributed by atoms with E-state index in [1.807, 2.05) is 24.3 Å². The number of carbonyl (C=O) groups is 1. The van der Waals surface area contributed by atoms with Crippen molar-refractivity contribution in [2.75, 3.05) is 5.32 Å². The van der Waals surface area contributed by atoms with Gasteiger partial charge in [-0.05, 0) is 29.8 Å². The van der Waals surface area contributed by atoms with E-state index in [1.165, 1.54) is 0 Å². The van der Waals surface area contributed by atoms with E-state index in [0.29, 0.717) is 17.6 Å². The van der Waals surface area contributed by atoms with Gasteiger partial charge in [0.2, 0.25) is 0 Å². The van der Waals surface area contributed by atoms with Crippen LogP contribution in [0.2, 0.25) is 0 Å². The van der Waals surface area contributed by atoms with Crippen molar-refractivity contribution in [1.29, 1.82) is 0 Å². The molecule has 0 saturated carbocycles. The van der Waals surface area contributed by atoms with E-state index >= 15 is 0 Å². The highest BCUT2D eigenvalue weighted by atomic mass is 16.4. The Morgan fingerprint density at radius 3 is 2.76 bits per heavy atom. The maximum absolute atomic E-state index is 11.8. The van der Waals surface area contributed by atoms with E-state index in [1.54, 1.807) is 24.3 Å². The van der Waals surface area contributed by atoms with Gasteiger partial charge in [0.05, 0.1) is 5.52 Å². The van der Waals surface area contributed by atoms with Gasteiger partial charge in [0.1, 0.15) is 0 Å². The Kier molecular flexibility index (Phi) is 3.42. The number of carbonyl (C=O) groups excluding carboxylic acids is 1. The van der Waals surface area contributed by atoms with Gasteiger partial charge >= 0.3 is 11.8 Å². The number of para-hydroxylation sites is 1. The molecule has 2 aromatic carbocycles. The molecule has 3 N–H and O–H groups in total. The van der Waals surface area contributed by atoms with Gasteiger partial charge in [-0.25, -0.2) is 9.59 Å². The summed E-state index contributed by atoms with van der Waals surface area (Å²) < 4.78 is 4.97. The highest BCUT2D eigenvalue weighted by molar-refractivity contribution is 5.89. The van der Waals surface area contributed by atoms with E-state index in [2.05, 4.69) is 15.6 Å². The number of oxazole rings is 1. The van der Waals surface area contributed by atoms with Crippen LogP contribution in [-0.4, -0.2) is 11.0 Å². The fraction of sp³-hybridized carbons (Fsp3) is 0.0667. The van der Waals surface area contributed by atoms with Gasteiger partial charge in [-0.3, -0.25) is 4.98 Å². The first-order valence-electron chi connectivity index (χ1n) is 6.42. The Hall–Kier alpha value is -3.02. The van der Waals surface area contributed by atoms with Crippen molar-refractivity contribution >= 4 is 22.8 Å². The SMILES string of the molecule is O=C(NCc1ccc2[nH]c(=O)oc2c1)Nc1ccccc1. The van der Waals surface area contributed by atoms with Gasteiger partial charge in [0.25, 0.3) is 0 Å². The zero-order chi connectivity index (χ0) is 14.7. The summed E-state index contributed by atoms with van der Waals surface area (Å²) in [6.45, 7) is 0.337. The number of hydrogen-bond donors (Lipinski definition) is 3. The zero-order valence-corrected chi connectivity index (χ0v) is 11.1. The predicted molar refractivity (Wildman–Crippen MR) is 79.1 cm³/mol. The number of benzene rings is 2. The summed E-state index contributed by atoms with van der Waals surface area (Å²) in [5.74, 6) is -0.489. The summed E-state index contributed by atoms with van der Waals surface area (Å²) in [5, 5.41) is 5.46. The number of fused-ring (bicyclic) bond motifs is 1. The lowest BCUT2D eigenvalue weighted by Crippen LogP contribution is -2.28. The lowest BCUT2D eigenvalue weighted by molar-refractivity contribution is 0.251. The Morgan fingerprint density at radius 1 is 1.14 bits per heavy atom. The van der Waals surface area contributed by atoms with E-state index in [-0.39, 0.29) is 6.03 Å². The second kappa shape index (κ2) is 5.54. The van der Waals surface area contributed by atoms with Gasteiger partial charge in [-0.1, -0.05) is 24.3 Å². The summed E-state index contributed by atoms with van der Waals surface area (Å²) in [6.07, 6.45) is 0. The number of rotatable bonds is 3. The van der Waals surface area contributed by atoms with Crippen molar-refractivity contribution < 1.29 is 9.21 Å². The van der Waals surface area contributed by atoms with Crippen LogP contribution in [0.15, 0.2) is 57.7 Å². The minimum atomic E-state index is -0.489. The van der Waals surface area contributed by atoms with Crippen molar-refractivity contribution in [3.63, 3.8) is 0 Å². The molecule has 0 bridgehead atoms. The van der Waals surface area contributed by atoms with Crippen LogP contribution in [0.3, 0.4) is 0 Å². The molecule has 1 heterocycles. The zero-order valence-electron chi connectivity index (χ0n) is 11.1. The molecular formula is C15H13N3O3. The van der Waals surface area contributed by atoms with Crippen molar-refractivity contribution in [3.05, 3.63) is 64.6 Å². The molecule has 106 valence electrons. The predicted octanol–water partition coefficient (Wildman–Crippen LogP) is 2.44. The molecule has 0 unspecified atom stereocenters. The lowest BCUT2D eigenvalue weighted by atomic mass is 10.2. The number of H-pyrrole nitrogens is 1. The highest BCUT2D eigenvalue weighted by Crippen LogP contribution is 2.12. The van der Waals surface area contributed by atoms with Gasteiger partial charge in [-0.2, -0.15) is 0 Å². The first-order chi connectivity index (χ1) is 10.2. The summed E-state index contributed by atoms with van der Waals surface area (Å²) >= 11 is 0. The van der Waals surface area contributed by atoms with E-state index in [9.17, 15) is 9.59 Å². The maximum atomic E-state index is 11.8. The summed E-state index contributed by atoms with van der Waals surface area (Å²) in [5.41, 5.74) is 2.68. The first kappa shape index (κ1) is 13.0. The average Bonchev–Trinajstić information content (AvgIpc) is 2.85. The molecule has 0 saturated heterocycles.